The highest BCUT2D eigenvalue weighted by atomic mass is 79.9. The lowest BCUT2D eigenvalue weighted by Crippen LogP contribution is -2.30. The van der Waals surface area contributed by atoms with Crippen molar-refractivity contribution in [3.63, 3.8) is 0 Å². The predicted molar refractivity (Wildman–Crippen MR) is 112 cm³/mol. The zero-order valence-electron chi connectivity index (χ0n) is 16.0. The van der Waals surface area contributed by atoms with E-state index in [0.717, 1.165) is 32.2 Å². The van der Waals surface area contributed by atoms with Gasteiger partial charge in [-0.2, -0.15) is 0 Å². The number of H-pyrrole nitrogens is 1. The Kier molecular flexibility index (Phi) is 4.54. The van der Waals surface area contributed by atoms with E-state index in [9.17, 15) is 9.59 Å². The molecule has 28 heavy (non-hydrogen) atoms. The first-order valence-electron chi connectivity index (χ1n) is 9.17. The first kappa shape index (κ1) is 18.7. The highest BCUT2D eigenvalue weighted by Gasteiger charge is 2.39. The zero-order valence-corrected chi connectivity index (χ0v) is 17.6. The highest BCUT2D eigenvalue weighted by Crippen LogP contribution is 2.44. The molecule has 0 bridgehead atoms. The van der Waals surface area contributed by atoms with Gasteiger partial charge in [0.15, 0.2) is 5.78 Å². The molecule has 1 aliphatic carbocycles. The number of carbonyl (C=O) groups is 2. The number of hydrogen-bond acceptors (Lipinski definition) is 3. The van der Waals surface area contributed by atoms with Gasteiger partial charge in [0, 0.05) is 39.0 Å². The Morgan fingerprint density at radius 3 is 2.75 bits per heavy atom. The van der Waals surface area contributed by atoms with E-state index in [0.29, 0.717) is 24.5 Å². The van der Waals surface area contributed by atoms with E-state index >= 15 is 0 Å². The lowest BCUT2D eigenvalue weighted by atomic mass is 9.71. The molecular formula is C22H21BrN2O3. The van der Waals surface area contributed by atoms with Gasteiger partial charge in [-0.05, 0) is 35.9 Å². The third-order valence-electron chi connectivity index (χ3n) is 5.27. The van der Waals surface area contributed by atoms with Crippen molar-refractivity contribution >= 4 is 38.5 Å². The molecule has 0 saturated carbocycles. The van der Waals surface area contributed by atoms with Gasteiger partial charge < -0.3 is 15.0 Å². The van der Waals surface area contributed by atoms with Crippen LogP contribution >= 0.6 is 15.9 Å². The zero-order chi connectivity index (χ0) is 20.1. The van der Waals surface area contributed by atoms with Crippen LogP contribution in [0.2, 0.25) is 0 Å². The second kappa shape index (κ2) is 6.78. The van der Waals surface area contributed by atoms with Crippen LogP contribution in [-0.2, 0) is 10.2 Å². The minimum Gasteiger partial charge on any atom is -0.492 e. The minimum absolute atomic E-state index is 0.0303. The number of aromatic nitrogens is 1. The summed E-state index contributed by atoms with van der Waals surface area (Å²) >= 11 is 3.50. The van der Waals surface area contributed by atoms with Crippen LogP contribution in [0.15, 0.2) is 40.9 Å². The number of rotatable bonds is 4. The van der Waals surface area contributed by atoms with E-state index in [1.165, 1.54) is 6.92 Å². The Labute approximate surface area is 171 Å². The number of ether oxygens (including phenoxy) is 1. The normalized spacial score (nSPS) is 14.5. The number of hydrogen-bond donors (Lipinski definition) is 2. The summed E-state index contributed by atoms with van der Waals surface area (Å²) in [6, 6.07) is 11.5. The molecule has 1 aromatic heterocycles. The van der Waals surface area contributed by atoms with Crippen molar-refractivity contribution in [2.24, 2.45) is 0 Å². The molecule has 0 spiro atoms. The van der Waals surface area contributed by atoms with Crippen molar-refractivity contribution in [2.45, 2.75) is 26.2 Å². The number of fused-ring (bicyclic) bond motifs is 4. The van der Waals surface area contributed by atoms with Crippen LogP contribution in [0, 0.1) is 0 Å². The lowest BCUT2D eigenvalue weighted by molar-refractivity contribution is -0.119. The van der Waals surface area contributed by atoms with Gasteiger partial charge in [0.1, 0.15) is 12.4 Å². The summed E-state index contributed by atoms with van der Waals surface area (Å²) < 4.78 is 6.74. The smallest absolute Gasteiger partial charge is 0.216 e. The Morgan fingerprint density at radius 1 is 1.21 bits per heavy atom. The fourth-order valence-corrected chi connectivity index (χ4v) is 4.23. The number of ketones is 1. The number of amides is 1. The molecule has 1 aliphatic rings. The molecule has 144 valence electrons. The van der Waals surface area contributed by atoms with Crippen LogP contribution in [0.5, 0.6) is 5.75 Å². The molecule has 5 nitrogen and oxygen atoms in total. The van der Waals surface area contributed by atoms with Crippen LogP contribution < -0.4 is 10.1 Å². The molecule has 0 saturated heterocycles. The topological polar surface area (TPSA) is 71.2 Å². The van der Waals surface area contributed by atoms with Crippen molar-refractivity contribution in [3.8, 4) is 5.75 Å². The Bertz CT molecular complexity index is 1110. The largest absolute Gasteiger partial charge is 0.492 e. The van der Waals surface area contributed by atoms with E-state index in [1.807, 2.05) is 36.4 Å². The average molecular weight is 441 g/mol. The predicted octanol–water partition coefficient (Wildman–Crippen LogP) is 4.32. The standard InChI is InChI=1S/C22H21BrN2O3/c1-12(26)24-8-9-28-14-5-7-15-17(11-14)22(2,3)21-19(20(15)27)16-6-4-13(23)10-18(16)25-21/h4-7,10-11,25H,8-9H2,1-3H3,(H,24,26). The third kappa shape index (κ3) is 3.02. The summed E-state index contributed by atoms with van der Waals surface area (Å²) in [7, 11) is 0. The molecule has 0 radical (unpaired) electrons. The number of aromatic amines is 1. The minimum atomic E-state index is -0.374. The molecular weight excluding hydrogens is 420 g/mol. The summed E-state index contributed by atoms with van der Waals surface area (Å²) in [4.78, 5) is 27.7. The van der Waals surface area contributed by atoms with Gasteiger partial charge in [-0.1, -0.05) is 35.8 Å². The summed E-state index contributed by atoms with van der Waals surface area (Å²) in [5.74, 6) is 0.633. The van der Waals surface area contributed by atoms with Crippen LogP contribution in [0.3, 0.4) is 0 Å². The average Bonchev–Trinajstić information content (AvgIpc) is 3.03. The molecule has 0 atom stereocenters. The second-order valence-electron chi connectivity index (χ2n) is 7.56. The van der Waals surface area contributed by atoms with E-state index in [2.05, 4.69) is 40.1 Å². The van der Waals surface area contributed by atoms with Gasteiger partial charge in [-0.15, -0.1) is 0 Å². The summed E-state index contributed by atoms with van der Waals surface area (Å²) in [5.41, 5.74) is 3.89. The van der Waals surface area contributed by atoms with Gasteiger partial charge in [0.2, 0.25) is 5.91 Å². The van der Waals surface area contributed by atoms with Crippen molar-refractivity contribution < 1.29 is 14.3 Å². The molecule has 1 amide bonds. The second-order valence-corrected chi connectivity index (χ2v) is 8.47. The van der Waals surface area contributed by atoms with Gasteiger partial charge in [-0.3, -0.25) is 9.59 Å². The number of halogens is 1. The van der Waals surface area contributed by atoms with Crippen LogP contribution in [-0.4, -0.2) is 29.8 Å². The van der Waals surface area contributed by atoms with E-state index < -0.39 is 0 Å². The molecule has 2 aromatic carbocycles. The van der Waals surface area contributed by atoms with Crippen LogP contribution in [0.1, 0.15) is 48.0 Å². The Morgan fingerprint density at radius 2 is 2.00 bits per heavy atom. The Balaban J connectivity index is 1.73. The summed E-state index contributed by atoms with van der Waals surface area (Å²) in [6.07, 6.45) is 0. The maximum Gasteiger partial charge on any atom is 0.216 e. The van der Waals surface area contributed by atoms with E-state index in [-0.39, 0.29) is 17.1 Å². The van der Waals surface area contributed by atoms with Gasteiger partial charge >= 0.3 is 0 Å². The van der Waals surface area contributed by atoms with Crippen molar-refractivity contribution in [1.82, 2.24) is 10.3 Å². The highest BCUT2D eigenvalue weighted by molar-refractivity contribution is 9.10. The molecule has 1 heterocycles. The van der Waals surface area contributed by atoms with Gasteiger partial charge in [0.25, 0.3) is 0 Å². The van der Waals surface area contributed by atoms with E-state index in [1.54, 1.807) is 0 Å². The molecule has 0 aliphatic heterocycles. The van der Waals surface area contributed by atoms with Crippen molar-refractivity contribution in [2.75, 3.05) is 13.2 Å². The molecule has 6 heteroatoms. The first-order chi connectivity index (χ1) is 13.3. The molecule has 4 rings (SSSR count). The molecule has 3 aromatic rings. The monoisotopic (exact) mass is 440 g/mol. The third-order valence-corrected chi connectivity index (χ3v) is 5.76. The quantitative estimate of drug-likeness (QED) is 0.593. The maximum atomic E-state index is 13.3. The SMILES string of the molecule is CC(=O)NCCOc1ccc2c(c1)C(C)(C)c1[nH]c3cc(Br)ccc3c1C2=O. The van der Waals surface area contributed by atoms with Gasteiger partial charge in [0.05, 0.1) is 12.1 Å². The fraction of sp³-hybridized carbons (Fsp3) is 0.273. The van der Waals surface area contributed by atoms with Crippen LogP contribution in [0.4, 0.5) is 0 Å². The first-order valence-corrected chi connectivity index (χ1v) is 9.96. The molecule has 0 fully saturated rings. The van der Waals surface area contributed by atoms with Crippen molar-refractivity contribution in [1.29, 1.82) is 0 Å². The molecule has 2 N–H and O–H groups in total. The van der Waals surface area contributed by atoms with E-state index in [4.69, 9.17) is 4.74 Å². The number of nitrogens with one attached hydrogen (secondary N) is 2. The Hall–Kier alpha value is -2.60. The summed E-state index contributed by atoms with van der Waals surface area (Å²) in [5, 5.41) is 3.65. The fourth-order valence-electron chi connectivity index (χ4n) is 3.87. The lowest BCUT2D eigenvalue weighted by Gasteiger charge is -2.32. The van der Waals surface area contributed by atoms with Gasteiger partial charge in [-0.25, -0.2) is 0 Å². The number of carbonyl (C=O) groups excluding carboxylic acids is 2. The summed E-state index contributed by atoms with van der Waals surface area (Å²) in [6.45, 7) is 6.52. The molecule has 0 unspecified atom stereocenters. The maximum absolute atomic E-state index is 13.3. The number of benzene rings is 2. The van der Waals surface area contributed by atoms with Crippen molar-refractivity contribution in [3.05, 3.63) is 63.3 Å². The van der Waals surface area contributed by atoms with Crippen LogP contribution in [0.25, 0.3) is 10.9 Å².